The van der Waals surface area contributed by atoms with Gasteiger partial charge in [-0.15, -0.1) is 0 Å². The third-order valence-corrected chi connectivity index (χ3v) is 7.49. The second-order valence-electron chi connectivity index (χ2n) is 10.4. The van der Waals surface area contributed by atoms with Crippen molar-refractivity contribution in [1.29, 1.82) is 0 Å². The van der Waals surface area contributed by atoms with Gasteiger partial charge in [-0.3, -0.25) is 4.79 Å². The van der Waals surface area contributed by atoms with Crippen LogP contribution in [-0.4, -0.2) is 71.9 Å². The molecule has 1 amide bonds. The van der Waals surface area contributed by atoms with Crippen LogP contribution in [0.2, 0.25) is 0 Å². The first-order chi connectivity index (χ1) is 17.6. The molecule has 0 bridgehead atoms. The zero-order valence-electron chi connectivity index (χ0n) is 21.4. The molecule has 1 atom stereocenters. The SMILES string of the molecule is CC(C)c1noc(N2CCC(COc3ccc(C4=CCC(C(=O)N5CCOCC5)CC4)cn3)CC2)n1. The van der Waals surface area contributed by atoms with E-state index in [-0.39, 0.29) is 17.7 Å². The molecule has 9 nitrogen and oxygen atoms in total. The summed E-state index contributed by atoms with van der Waals surface area (Å²) < 4.78 is 16.8. The highest BCUT2D eigenvalue weighted by Crippen LogP contribution is 2.32. The number of aromatic nitrogens is 3. The Labute approximate surface area is 212 Å². The normalized spacial score (nSPS) is 21.5. The molecule has 9 heteroatoms. The Bertz CT molecular complexity index is 1040. The summed E-state index contributed by atoms with van der Waals surface area (Å²) in [6.07, 6.45) is 8.75. The molecular weight excluding hydrogens is 458 g/mol. The maximum Gasteiger partial charge on any atom is 0.324 e. The number of hydrogen-bond acceptors (Lipinski definition) is 8. The highest BCUT2D eigenvalue weighted by molar-refractivity contribution is 5.80. The minimum atomic E-state index is 0.0888. The minimum absolute atomic E-state index is 0.0888. The van der Waals surface area contributed by atoms with Crippen molar-refractivity contribution in [2.75, 3.05) is 50.9 Å². The van der Waals surface area contributed by atoms with E-state index in [1.54, 1.807) is 0 Å². The Morgan fingerprint density at radius 2 is 1.94 bits per heavy atom. The molecule has 194 valence electrons. The number of carbonyl (C=O) groups is 1. The number of anilines is 1. The van der Waals surface area contributed by atoms with E-state index in [4.69, 9.17) is 14.0 Å². The number of amides is 1. The van der Waals surface area contributed by atoms with Crippen LogP contribution in [0.4, 0.5) is 6.01 Å². The highest BCUT2D eigenvalue weighted by Gasteiger charge is 2.28. The Kier molecular flexibility index (Phi) is 7.84. The van der Waals surface area contributed by atoms with Gasteiger partial charge in [0.2, 0.25) is 11.8 Å². The number of piperidine rings is 1. The van der Waals surface area contributed by atoms with E-state index >= 15 is 0 Å². The first kappa shape index (κ1) is 24.7. The van der Waals surface area contributed by atoms with E-state index in [1.807, 2.05) is 17.2 Å². The van der Waals surface area contributed by atoms with Gasteiger partial charge in [0.1, 0.15) is 0 Å². The van der Waals surface area contributed by atoms with Gasteiger partial charge in [0.05, 0.1) is 19.8 Å². The molecule has 0 spiro atoms. The van der Waals surface area contributed by atoms with Crippen LogP contribution in [0.25, 0.3) is 5.57 Å². The van der Waals surface area contributed by atoms with Gasteiger partial charge in [-0.05, 0) is 55.2 Å². The number of nitrogens with zero attached hydrogens (tertiary/aromatic N) is 5. The fourth-order valence-corrected chi connectivity index (χ4v) is 5.10. The van der Waals surface area contributed by atoms with E-state index in [0.717, 1.165) is 56.6 Å². The van der Waals surface area contributed by atoms with Crippen molar-refractivity contribution in [2.45, 2.75) is 51.9 Å². The van der Waals surface area contributed by atoms with Crippen LogP contribution >= 0.6 is 0 Å². The van der Waals surface area contributed by atoms with Crippen LogP contribution in [0, 0.1) is 11.8 Å². The van der Waals surface area contributed by atoms with Gasteiger partial charge in [0.15, 0.2) is 5.82 Å². The third-order valence-electron chi connectivity index (χ3n) is 7.49. The summed E-state index contributed by atoms with van der Waals surface area (Å²) in [6.45, 7) is 9.31. The summed E-state index contributed by atoms with van der Waals surface area (Å²) in [5, 5.41) is 4.07. The lowest BCUT2D eigenvalue weighted by Gasteiger charge is -2.31. The van der Waals surface area contributed by atoms with Gasteiger partial charge in [-0.2, -0.15) is 4.98 Å². The van der Waals surface area contributed by atoms with Crippen LogP contribution in [0.5, 0.6) is 5.88 Å². The number of hydrogen-bond donors (Lipinski definition) is 0. The van der Waals surface area contributed by atoms with Gasteiger partial charge < -0.3 is 23.8 Å². The second kappa shape index (κ2) is 11.4. The molecule has 2 aliphatic heterocycles. The molecule has 2 saturated heterocycles. The van der Waals surface area contributed by atoms with Crippen molar-refractivity contribution in [2.24, 2.45) is 11.8 Å². The number of morpholine rings is 1. The van der Waals surface area contributed by atoms with E-state index < -0.39 is 0 Å². The van der Waals surface area contributed by atoms with Crippen LogP contribution in [-0.2, 0) is 9.53 Å². The monoisotopic (exact) mass is 495 g/mol. The van der Waals surface area contributed by atoms with Crippen molar-refractivity contribution in [1.82, 2.24) is 20.0 Å². The summed E-state index contributed by atoms with van der Waals surface area (Å²) in [5.41, 5.74) is 2.39. The van der Waals surface area contributed by atoms with E-state index in [2.05, 4.69) is 46.0 Å². The topological polar surface area (TPSA) is 93.8 Å². The fourth-order valence-electron chi connectivity index (χ4n) is 5.10. The standard InChI is InChI=1S/C27H37N5O4/c1-19(2)25-29-27(36-30-25)32-11-9-20(10-12-32)18-35-24-8-7-23(17-28-24)21-3-5-22(6-4-21)26(33)31-13-15-34-16-14-31/h3,7-8,17,19-20,22H,4-6,9-16,18H2,1-2H3. The summed E-state index contributed by atoms with van der Waals surface area (Å²) >= 11 is 0. The van der Waals surface area contributed by atoms with E-state index in [0.29, 0.717) is 50.7 Å². The van der Waals surface area contributed by atoms with Gasteiger partial charge in [-0.25, -0.2) is 4.98 Å². The lowest BCUT2D eigenvalue weighted by Crippen LogP contribution is -2.44. The Morgan fingerprint density at radius 1 is 1.14 bits per heavy atom. The lowest BCUT2D eigenvalue weighted by molar-refractivity contribution is -0.139. The number of rotatable bonds is 7. The number of allylic oxidation sites excluding steroid dienone is 2. The maximum atomic E-state index is 12.8. The molecule has 1 aliphatic carbocycles. The summed E-state index contributed by atoms with van der Waals surface area (Å²) in [7, 11) is 0. The summed E-state index contributed by atoms with van der Waals surface area (Å²) in [6, 6.07) is 4.68. The average Bonchev–Trinajstić information content (AvgIpc) is 3.44. The van der Waals surface area contributed by atoms with Gasteiger partial charge in [0, 0.05) is 50.3 Å². The predicted molar refractivity (Wildman–Crippen MR) is 136 cm³/mol. The van der Waals surface area contributed by atoms with Crippen LogP contribution in [0.3, 0.4) is 0 Å². The number of pyridine rings is 1. The molecular formula is C27H37N5O4. The minimum Gasteiger partial charge on any atom is -0.477 e. The largest absolute Gasteiger partial charge is 0.477 e. The van der Waals surface area contributed by atoms with Crippen LogP contribution < -0.4 is 9.64 Å². The summed E-state index contributed by atoms with van der Waals surface area (Å²) in [4.78, 5) is 25.9. The molecule has 0 radical (unpaired) electrons. The molecule has 0 saturated carbocycles. The molecule has 5 rings (SSSR count). The highest BCUT2D eigenvalue weighted by atomic mass is 16.5. The number of carbonyl (C=O) groups excluding carboxylic acids is 1. The van der Waals surface area contributed by atoms with Crippen molar-refractivity contribution in [3.05, 3.63) is 35.8 Å². The molecule has 36 heavy (non-hydrogen) atoms. The molecule has 2 aromatic heterocycles. The molecule has 2 aromatic rings. The smallest absolute Gasteiger partial charge is 0.324 e. The van der Waals surface area contributed by atoms with E-state index in [1.165, 1.54) is 5.57 Å². The van der Waals surface area contributed by atoms with Crippen molar-refractivity contribution in [3.63, 3.8) is 0 Å². The average molecular weight is 496 g/mol. The Balaban J connectivity index is 1.06. The predicted octanol–water partition coefficient (Wildman–Crippen LogP) is 3.93. The quantitative estimate of drug-likeness (QED) is 0.571. The Hall–Kier alpha value is -2.94. The van der Waals surface area contributed by atoms with Crippen LogP contribution in [0.1, 0.15) is 63.3 Å². The third kappa shape index (κ3) is 5.88. The molecule has 0 aromatic carbocycles. The first-order valence-corrected chi connectivity index (χ1v) is 13.3. The zero-order valence-corrected chi connectivity index (χ0v) is 21.4. The van der Waals surface area contributed by atoms with Crippen molar-refractivity contribution >= 4 is 17.5 Å². The Morgan fingerprint density at radius 3 is 2.58 bits per heavy atom. The van der Waals surface area contributed by atoms with Gasteiger partial charge in [-0.1, -0.05) is 25.1 Å². The van der Waals surface area contributed by atoms with Crippen molar-refractivity contribution in [3.8, 4) is 5.88 Å². The molecule has 1 unspecified atom stereocenters. The zero-order chi connectivity index (χ0) is 24.9. The summed E-state index contributed by atoms with van der Waals surface area (Å²) in [5.74, 6) is 2.54. The molecule has 4 heterocycles. The second-order valence-corrected chi connectivity index (χ2v) is 10.4. The number of ether oxygens (including phenoxy) is 2. The first-order valence-electron chi connectivity index (χ1n) is 13.3. The van der Waals surface area contributed by atoms with Crippen molar-refractivity contribution < 1.29 is 18.8 Å². The molecule has 0 N–H and O–H groups in total. The van der Waals surface area contributed by atoms with Gasteiger partial charge in [0.25, 0.3) is 0 Å². The van der Waals surface area contributed by atoms with Gasteiger partial charge >= 0.3 is 6.01 Å². The molecule has 3 aliphatic rings. The lowest BCUT2D eigenvalue weighted by atomic mass is 9.86. The fraction of sp³-hybridized carbons (Fsp3) is 0.630. The maximum absolute atomic E-state index is 12.8. The van der Waals surface area contributed by atoms with Crippen LogP contribution in [0.15, 0.2) is 28.9 Å². The van der Waals surface area contributed by atoms with E-state index in [9.17, 15) is 4.79 Å². The molecule has 2 fully saturated rings.